The van der Waals surface area contributed by atoms with Crippen LogP contribution in [0.3, 0.4) is 0 Å². The van der Waals surface area contributed by atoms with Gasteiger partial charge in [0.25, 0.3) is 0 Å². The minimum absolute atomic E-state index is 0.475. The number of rotatable bonds is 2. The molecule has 1 saturated carbocycles. The van der Waals surface area contributed by atoms with E-state index in [1.165, 1.54) is 70.3 Å². The molecule has 2 aliphatic heterocycles. The molecule has 4 aliphatic rings. The van der Waals surface area contributed by atoms with Crippen LogP contribution in [0.25, 0.3) is 16.7 Å². The lowest BCUT2D eigenvalue weighted by Gasteiger charge is -2.39. The van der Waals surface area contributed by atoms with Crippen LogP contribution in [0, 0.1) is 5.92 Å². The molecule has 2 aromatic rings. The fraction of sp³-hybridized carbons (Fsp3) is 0.458. The topological polar surface area (TPSA) is 34.2 Å². The van der Waals surface area contributed by atoms with E-state index in [2.05, 4.69) is 42.7 Å². The van der Waals surface area contributed by atoms with Crippen molar-refractivity contribution in [1.29, 1.82) is 0 Å². The predicted molar refractivity (Wildman–Crippen MR) is 107 cm³/mol. The quantitative estimate of drug-likeness (QED) is 0.810. The number of benzene rings is 1. The van der Waals surface area contributed by atoms with E-state index >= 15 is 0 Å². The summed E-state index contributed by atoms with van der Waals surface area (Å²) in [7, 11) is 0. The van der Waals surface area contributed by atoms with Crippen molar-refractivity contribution in [2.24, 2.45) is 5.92 Å². The zero-order chi connectivity index (χ0) is 18.0. The zero-order valence-electron chi connectivity index (χ0n) is 15.9. The average Bonchev–Trinajstić information content (AvgIpc) is 3.35. The van der Waals surface area contributed by atoms with Crippen LogP contribution >= 0.6 is 0 Å². The van der Waals surface area contributed by atoms with Crippen LogP contribution in [-0.2, 0) is 18.0 Å². The molecule has 6 rings (SSSR count). The average molecular weight is 358 g/mol. The summed E-state index contributed by atoms with van der Waals surface area (Å²) in [6.45, 7) is 4.88. The fourth-order valence-electron chi connectivity index (χ4n) is 5.47. The highest BCUT2D eigenvalue weighted by molar-refractivity contribution is 5.75. The van der Waals surface area contributed by atoms with Crippen LogP contribution in [-0.4, -0.2) is 11.5 Å². The van der Waals surface area contributed by atoms with Crippen molar-refractivity contribution in [2.75, 3.05) is 6.54 Å². The van der Waals surface area contributed by atoms with Gasteiger partial charge < -0.3 is 10.1 Å². The summed E-state index contributed by atoms with van der Waals surface area (Å²) in [5.41, 5.74) is 10.9. The second kappa shape index (κ2) is 6.02. The maximum Gasteiger partial charge on any atom is 0.0728 e. The summed E-state index contributed by atoms with van der Waals surface area (Å²) in [6.07, 6.45) is 9.69. The van der Waals surface area contributed by atoms with E-state index in [0.29, 0.717) is 12.0 Å². The third-order valence-corrected chi connectivity index (χ3v) is 7.14. The number of fused-ring (bicyclic) bond motifs is 4. The second-order valence-electron chi connectivity index (χ2n) is 8.70. The Hall–Kier alpha value is -1.97. The van der Waals surface area contributed by atoms with Crippen molar-refractivity contribution in [3.8, 4) is 11.1 Å². The molecule has 1 N–H and O–H groups in total. The molecule has 1 saturated heterocycles. The highest BCUT2D eigenvalue weighted by Gasteiger charge is 2.36. The molecule has 27 heavy (non-hydrogen) atoms. The van der Waals surface area contributed by atoms with Crippen molar-refractivity contribution in [1.82, 2.24) is 10.3 Å². The molecule has 1 aromatic carbocycles. The van der Waals surface area contributed by atoms with Gasteiger partial charge in [-0.1, -0.05) is 6.08 Å². The first-order valence-corrected chi connectivity index (χ1v) is 10.4. The van der Waals surface area contributed by atoms with Gasteiger partial charge >= 0.3 is 0 Å². The molecular weight excluding hydrogens is 332 g/mol. The van der Waals surface area contributed by atoms with Crippen LogP contribution in [0.5, 0.6) is 0 Å². The monoisotopic (exact) mass is 358 g/mol. The Bertz CT molecular complexity index is 955. The number of allylic oxidation sites excluding steroid dienone is 2. The number of nitrogens with zero attached hydrogens (tertiary/aromatic N) is 1. The molecule has 1 aromatic heterocycles. The highest BCUT2D eigenvalue weighted by Crippen LogP contribution is 2.49. The van der Waals surface area contributed by atoms with Gasteiger partial charge in [0.2, 0.25) is 0 Å². The van der Waals surface area contributed by atoms with E-state index in [1.807, 2.05) is 0 Å². The van der Waals surface area contributed by atoms with Crippen LogP contribution in [0.1, 0.15) is 72.5 Å². The largest absolute Gasteiger partial charge is 0.372 e. The summed E-state index contributed by atoms with van der Waals surface area (Å²) in [5, 5.41) is 3.68. The van der Waals surface area contributed by atoms with Gasteiger partial charge in [0, 0.05) is 23.7 Å². The SMILES string of the molecule is CC1=CC2CCC2c2ncc(-c3cc4c(c([C@@H]5CCCN5)c3)COC4)cc21. The lowest BCUT2D eigenvalue weighted by atomic mass is 9.66. The predicted octanol–water partition coefficient (Wildman–Crippen LogP) is 5.11. The smallest absolute Gasteiger partial charge is 0.0728 e. The minimum Gasteiger partial charge on any atom is -0.372 e. The molecule has 0 amide bonds. The molecular formula is C24H26N2O. The number of aromatic nitrogens is 1. The fourth-order valence-corrected chi connectivity index (χ4v) is 5.47. The van der Waals surface area contributed by atoms with Crippen molar-refractivity contribution in [2.45, 2.75) is 57.8 Å². The first-order chi connectivity index (χ1) is 13.3. The van der Waals surface area contributed by atoms with Crippen molar-refractivity contribution < 1.29 is 4.74 Å². The Labute approximate surface area is 160 Å². The zero-order valence-corrected chi connectivity index (χ0v) is 15.9. The normalized spacial score (nSPS) is 28.2. The number of hydrogen-bond acceptors (Lipinski definition) is 3. The van der Waals surface area contributed by atoms with E-state index < -0.39 is 0 Å². The van der Waals surface area contributed by atoms with Crippen molar-refractivity contribution >= 4 is 5.57 Å². The van der Waals surface area contributed by atoms with E-state index in [-0.39, 0.29) is 0 Å². The molecule has 3 heteroatoms. The van der Waals surface area contributed by atoms with Crippen LogP contribution in [0.4, 0.5) is 0 Å². The summed E-state index contributed by atoms with van der Waals surface area (Å²) in [5.74, 6) is 1.39. The number of ether oxygens (including phenoxy) is 1. The molecule has 0 spiro atoms. The van der Waals surface area contributed by atoms with Crippen LogP contribution in [0.2, 0.25) is 0 Å². The van der Waals surface area contributed by atoms with E-state index in [1.54, 1.807) is 0 Å². The summed E-state index contributed by atoms with van der Waals surface area (Å²) in [4.78, 5) is 4.96. The Morgan fingerprint density at radius 2 is 2.04 bits per heavy atom. The Balaban J connectivity index is 1.46. The summed E-state index contributed by atoms with van der Waals surface area (Å²) in [6, 6.07) is 7.58. The molecule has 138 valence electrons. The standard InChI is InChI=1S/C24H26N2O/c1-14-7-15-4-5-19(15)24-20(14)10-17(11-26-24)16-8-18-12-27-13-22(18)21(9-16)23-3-2-6-25-23/h7-11,15,19,23,25H,2-6,12-13H2,1H3/t15?,19?,23-/m0/s1. The summed E-state index contributed by atoms with van der Waals surface area (Å²) >= 11 is 0. The van der Waals surface area contributed by atoms with Crippen LogP contribution in [0.15, 0.2) is 30.5 Å². The van der Waals surface area contributed by atoms with Gasteiger partial charge in [-0.2, -0.15) is 0 Å². The van der Waals surface area contributed by atoms with Crippen molar-refractivity contribution in [3.05, 3.63) is 58.4 Å². The molecule has 3 heterocycles. The first kappa shape index (κ1) is 16.0. The molecule has 2 unspecified atom stereocenters. The third-order valence-electron chi connectivity index (χ3n) is 7.14. The molecule has 3 atom stereocenters. The van der Waals surface area contributed by atoms with Gasteiger partial charge in [0.05, 0.1) is 18.9 Å². The van der Waals surface area contributed by atoms with E-state index in [9.17, 15) is 0 Å². The second-order valence-corrected chi connectivity index (χ2v) is 8.70. The van der Waals surface area contributed by atoms with Gasteiger partial charge in [-0.05, 0) is 96.7 Å². The minimum atomic E-state index is 0.475. The van der Waals surface area contributed by atoms with Gasteiger partial charge in [0.1, 0.15) is 0 Å². The highest BCUT2D eigenvalue weighted by atomic mass is 16.5. The summed E-state index contributed by atoms with van der Waals surface area (Å²) < 4.78 is 5.79. The van der Waals surface area contributed by atoms with Gasteiger partial charge in [-0.25, -0.2) is 0 Å². The Morgan fingerprint density at radius 1 is 1.07 bits per heavy atom. The van der Waals surface area contributed by atoms with Crippen molar-refractivity contribution in [3.63, 3.8) is 0 Å². The molecule has 2 aliphatic carbocycles. The van der Waals surface area contributed by atoms with E-state index in [0.717, 1.165) is 25.7 Å². The van der Waals surface area contributed by atoms with Gasteiger partial charge in [-0.3, -0.25) is 4.98 Å². The number of hydrogen-bond donors (Lipinski definition) is 1. The van der Waals surface area contributed by atoms with Gasteiger partial charge in [0.15, 0.2) is 0 Å². The third kappa shape index (κ3) is 2.45. The Morgan fingerprint density at radius 3 is 2.85 bits per heavy atom. The molecule has 3 nitrogen and oxygen atoms in total. The molecule has 2 fully saturated rings. The number of nitrogens with one attached hydrogen (secondary N) is 1. The Kier molecular flexibility index (Phi) is 3.57. The van der Waals surface area contributed by atoms with Crippen LogP contribution < -0.4 is 5.32 Å². The number of pyridine rings is 1. The maximum absolute atomic E-state index is 5.79. The van der Waals surface area contributed by atoms with E-state index in [4.69, 9.17) is 9.72 Å². The lowest BCUT2D eigenvalue weighted by molar-refractivity contribution is 0.134. The first-order valence-electron chi connectivity index (χ1n) is 10.4. The lowest BCUT2D eigenvalue weighted by Crippen LogP contribution is -2.27. The molecule has 0 radical (unpaired) electrons. The van der Waals surface area contributed by atoms with Gasteiger partial charge in [-0.15, -0.1) is 0 Å². The maximum atomic E-state index is 5.79. The molecule has 0 bridgehead atoms.